The number of amides is 1. The van der Waals surface area contributed by atoms with Crippen molar-refractivity contribution in [1.29, 1.82) is 0 Å². The lowest BCUT2D eigenvalue weighted by atomic mass is 10.2. The third-order valence-electron chi connectivity index (χ3n) is 2.37. The molecule has 1 aromatic heterocycles. The quantitative estimate of drug-likeness (QED) is 0.216. The summed E-state index contributed by atoms with van der Waals surface area (Å²) in [5, 5.41) is 13.7. The fourth-order valence-electron chi connectivity index (χ4n) is 1.23. The molecule has 1 aromatic rings. The highest BCUT2D eigenvalue weighted by Gasteiger charge is 2.11. The number of hydrogen-bond acceptors (Lipinski definition) is 6. The van der Waals surface area contributed by atoms with Gasteiger partial charge in [-0.3, -0.25) is 9.78 Å². The number of aromatic nitrogens is 1. The van der Waals surface area contributed by atoms with Gasteiger partial charge in [-0.15, -0.1) is 0 Å². The van der Waals surface area contributed by atoms with Crippen molar-refractivity contribution in [1.82, 2.24) is 15.0 Å². The highest BCUT2D eigenvalue weighted by molar-refractivity contribution is 7.89. The van der Waals surface area contributed by atoms with Crippen LogP contribution in [0.2, 0.25) is 0 Å². The van der Waals surface area contributed by atoms with E-state index in [1.54, 1.807) is 0 Å². The third-order valence-corrected chi connectivity index (χ3v) is 3.73. The van der Waals surface area contributed by atoms with Gasteiger partial charge >= 0.3 is 0 Å². The second-order valence-electron chi connectivity index (χ2n) is 3.70. The van der Waals surface area contributed by atoms with Crippen molar-refractivity contribution in [2.75, 3.05) is 19.3 Å². The summed E-state index contributed by atoms with van der Waals surface area (Å²) in [6.07, 6.45) is 1.27. The summed E-state index contributed by atoms with van der Waals surface area (Å²) in [6, 6.07) is 2.84. The number of sulfonamides is 1. The smallest absolute Gasteiger partial charge is 0.269 e. The van der Waals surface area contributed by atoms with E-state index in [4.69, 9.17) is 10.9 Å². The van der Waals surface area contributed by atoms with E-state index in [0.29, 0.717) is 5.56 Å². The summed E-state index contributed by atoms with van der Waals surface area (Å²) in [4.78, 5) is 15.5. The third kappa shape index (κ3) is 4.48. The predicted molar refractivity (Wildman–Crippen MR) is 71.9 cm³/mol. The number of rotatable bonds is 6. The van der Waals surface area contributed by atoms with Gasteiger partial charge in [-0.25, -0.2) is 13.1 Å². The number of nitrogens with one attached hydrogen (secondary N) is 2. The molecule has 0 unspecified atom stereocenters. The van der Waals surface area contributed by atoms with E-state index >= 15 is 0 Å². The van der Waals surface area contributed by atoms with Crippen LogP contribution in [0.25, 0.3) is 0 Å². The van der Waals surface area contributed by atoms with Crippen LogP contribution in [0, 0.1) is 0 Å². The number of hydrogen-bond donors (Lipinski definition) is 4. The first-order valence-corrected chi connectivity index (χ1v) is 7.18. The van der Waals surface area contributed by atoms with Gasteiger partial charge in [0, 0.05) is 18.3 Å². The average Bonchev–Trinajstić information content (AvgIpc) is 2.46. The number of pyridine rings is 1. The average molecular weight is 301 g/mol. The molecular formula is C10H15N5O4S. The molecule has 9 nitrogen and oxygen atoms in total. The molecule has 1 heterocycles. The van der Waals surface area contributed by atoms with Gasteiger partial charge in [0.15, 0.2) is 5.84 Å². The number of oxime groups is 1. The van der Waals surface area contributed by atoms with Crippen molar-refractivity contribution in [3.63, 3.8) is 0 Å². The van der Waals surface area contributed by atoms with E-state index in [0.717, 1.165) is 0 Å². The van der Waals surface area contributed by atoms with Gasteiger partial charge < -0.3 is 16.3 Å². The second kappa shape index (κ2) is 6.82. The normalized spacial score (nSPS) is 12.2. The minimum absolute atomic E-state index is 0.0360. The molecule has 0 aliphatic heterocycles. The molecule has 0 spiro atoms. The Hall–Kier alpha value is -2.20. The van der Waals surface area contributed by atoms with Gasteiger partial charge in [-0.05, 0) is 19.2 Å². The summed E-state index contributed by atoms with van der Waals surface area (Å²) >= 11 is 0. The van der Waals surface area contributed by atoms with Gasteiger partial charge in [0.05, 0.1) is 5.75 Å². The molecule has 0 atom stereocenters. The first-order chi connectivity index (χ1) is 9.39. The van der Waals surface area contributed by atoms with Gasteiger partial charge in [0.25, 0.3) is 5.91 Å². The molecule has 20 heavy (non-hydrogen) atoms. The lowest BCUT2D eigenvalue weighted by molar-refractivity contribution is 0.0951. The molecule has 10 heteroatoms. The molecule has 0 aliphatic carbocycles. The van der Waals surface area contributed by atoms with Gasteiger partial charge in [0.1, 0.15) is 5.69 Å². The molecule has 0 aromatic carbocycles. The number of nitrogens with two attached hydrogens (primary N) is 1. The molecule has 110 valence electrons. The number of nitrogens with zero attached hydrogens (tertiary/aromatic N) is 2. The van der Waals surface area contributed by atoms with Crippen molar-refractivity contribution in [2.24, 2.45) is 10.9 Å². The summed E-state index contributed by atoms with van der Waals surface area (Å²) < 4.78 is 24.4. The maximum atomic E-state index is 11.7. The zero-order valence-electron chi connectivity index (χ0n) is 10.7. The predicted octanol–water partition coefficient (Wildman–Crippen LogP) is -1.54. The zero-order valence-corrected chi connectivity index (χ0v) is 11.5. The number of carbonyl (C=O) groups excluding carboxylic acids is 1. The highest BCUT2D eigenvalue weighted by atomic mass is 32.2. The summed E-state index contributed by atoms with van der Waals surface area (Å²) in [5.41, 5.74) is 5.81. The SMILES string of the molecule is CNS(=O)(=O)CCNC(=O)c1ccc(/C(N)=N/O)cn1. The Bertz CT molecular complexity index is 597. The Balaban J connectivity index is 2.61. The van der Waals surface area contributed by atoms with Crippen LogP contribution >= 0.6 is 0 Å². The van der Waals surface area contributed by atoms with Crippen molar-refractivity contribution < 1.29 is 18.4 Å². The van der Waals surface area contributed by atoms with E-state index in [-0.39, 0.29) is 23.8 Å². The Kier molecular flexibility index (Phi) is 5.41. The van der Waals surface area contributed by atoms with Crippen LogP contribution in [0.4, 0.5) is 0 Å². The monoisotopic (exact) mass is 301 g/mol. The van der Waals surface area contributed by atoms with Crippen LogP contribution in [0.1, 0.15) is 16.1 Å². The van der Waals surface area contributed by atoms with Crippen molar-refractivity contribution in [2.45, 2.75) is 0 Å². The van der Waals surface area contributed by atoms with Crippen LogP contribution in [-0.4, -0.2) is 49.7 Å². The Morgan fingerprint density at radius 3 is 2.70 bits per heavy atom. The fraction of sp³-hybridized carbons (Fsp3) is 0.300. The Morgan fingerprint density at radius 1 is 1.50 bits per heavy atom. The van der Waals surface area contributed by atoms with Crippen molar-refractivity contribution >= 4 is 21.8 Å². The second-order valence-corrected chi connectivity index (χ2v) is 5.74. The molecule has 1 amide bonds. The summed E-state index contributed by atoms with van der Waals surface area (Å²) in [5.74, 6) is -0.857. The molecule has 0 saturated heterocycles. The van der Waals surface area contributed by atoms with Crippen LogP contribution in [0.3, 0.4) is 0 Å². The molecular weight excluding hydrogens is 286 g/mol. The molecule has 1 rings (SSSR count). The summed E-state index contributed by atoms with van der Waals surface area (Å²) in [6.45, 7) is -0.0360. The maximum Gasteiger partial charge on any atom is 0.269 e. The molecule has 0 radical (unpaired) electrons. The van der Waals surface area contributed by atoms with Gasteiger partial charge in [0.2, 0.25) is 10.0 Å². The Morgan fingerprint density at radius 2 is 2.20 bits per heavy atom. The fourth-order valence-corrected chi connectivity index (χ4v) is 1.80. The molecule has 0 aliphatic rings. The first kappa shape index (κ1) is 15.9. The van der Waals surface area contributed by atoms with Crippen LogP contribution in [-0.2, 0) is 10.0 Å². The zero-order chi connectivity index (χ0) is 15.2. The van der Waals surface area contributed by atoms with E-state index in [2.05, 4.69) is 20.2 Å². The number of amidine groups is 1. The molecule has 0 saturated carbocycles. The van der Waals surface area contributed by atoms with Crippen LogP contribution in [0.15, 0.2) is 23.5 Å². The van der Waals surface area contributed by atoms with Gasteiger partial charge in [-0.1, -0.05) is 5.16 Å². The lowest BCUT2D eigenvalue weighted by Crippen LogP contribution is -2.33. The van der Waals surface area contributed by atoms with E-state index < -0.39 is 15.9 Å². The maximum absolute atomic E-state index is 11.7. The van der Waals surface area contributed by atoms with Crippen molar-refractivity contribution in [3.8, 4) is 0 Å². The first-order valence-electron chi connectivity index (χ1n) is 5.53. The minimum atomic E-state index is -3.36. The van der Waals surface area contributed by atoms with Crippen LogP contribution < -0.4 is 15.8 Å². The molecule has 0 fully saturated rings. The van der Waals surface area contributed by atoms with E-state index in [9.17, 15) is 13.2 Å². The van der Waals surface area contributed by atoms with E-state index in [1.165, 1.54) is 25.4 Å². The van der Waals surface area contributed by atoms with Gasteiger partial charge in [-0.2, -0.15) is 0 Å². The summed E-state index contributed by atoms with van der Waals surface area (Å²) in [7, 11) is -2.07. The lowest BCUT2D eigenvalue weighted by Gasteiger charge is -2.05. The largest absolute Gasteiger partial charge is 0.409 e. The number of carbonyl (C=O) groups is 1. The van der Waals surface area contributed by atoms with Crippen molar-refractivity contribution in [3.05, 3.63) is 29.6 Å². The van der Waals surface area contributed by atoms with E-state index in [1.807, 2.05) is 0 Å². The van der Waals surface area contributed by atoms with Crippen LogP contribution in [0.5, 0.6) is 0 Å². The Labute approximate surface area is 115 Å². The molecule has 5 N–H and O–H groups in total. The highest BCUT2D eigenvalue weighted by Crippen LogP contribution is 2.00. The standard InChI is InChI=1S/C10H15N5O4S/c1-12-20(18,19)5-4-13-10(16)8-3-2-7(6-14-8)9(11)15-17/h2-3,6,12,17H,4-5H2,1H3,(H2,11,15)(H,13,16). The topological polar surface area (TPSA) is 147 Å². The minimum Gasteiger partial charge on any atom is -0.409 e. The molecule has 0 bridgehead atoms.